The number of aliphatic carboxylic acids is 2. The van der Waals surface area contributed by atoms with Crippen molar-refractivity contribution < 1.29 is 49.3 Å². The second-order valence-electron chi connectivity index (χ2n) is 8.38. The summed E-state index contributed by atoms with van der Waals surface area (Å²) in [6.07, 6.45) is 0.158. The summed E-state index contributed by atoms with van der Waals surface area (Å²) in [5.74, 6) is -7.47. The monoisotopic (exact) mass is 418 g/mol. The molecule has 0 aliphatic heterocycles. The van der Waals surface area contributed by atoms with E-state index in [1.165, 1.54) is 13.8 Å². The third-order valence-electron chi connectivity index (χ3n) is 5.61. The number of esters is 1. The van der Waals surface area contributed by atoms with Gasteiger partial charge in [0, 0.05) is 13.8 Å². The molecule has 0 bridgehead atoms. The zero-order valence-corrected chi connectivity index (χ0v) is 16.7. The maximum absolute atomic E-state index is 12.5. The number of rotatable bonds is 8. The molecule has 4 N–H and O–H groups in total. The summed E-state index contributed by atoms with van der Waals surface area (Å²) < 4.78 is 5.29. The Morgan fingerprint density at radius 1 is 0.862 bits per heavy atom. The highest BCUT2D eigenvalue weighted by atomic mass is 17.2. The molecule has 2 aliphatic rings. The van der Waals surface area contributed by atoms with Crippen molar-refractivity contribution in [1.29, 1.82) is 0 Å². The number of aliphatic hydroxyl groups is 2. The normalized spacial score (nSPS) is 33.1. The summed E-state index contributed by atoms with van der Waals surface area (Å²) in [5.41, 5.74) is 0. The molecule has 0 aromatic carbocycles. The lowest BCUT2D eigenvalue weighted by Gasteiger charge is -2.33. The van der Waals surface area contributed by atoms with Crippen molar-refractivity contribution >= 4 is 17.9 Å². The van der Waals surface area contributed by atoms with Gasteiger partial charge in [-0.25, -0.2) is 4.89 Å². The highest BCUT2D eigenvalue weighted by molar-refractivity contribution is 5.81. The number of ether oxygens (including phenoxy) is 1. The Hall–Kier alpha value is -1.75. The maximum atomic E-state index is 12.5. The second kappa shape index (κ2) is 9.84. The van der Waals surface area contributed by atoms with Gasteiger partial charge in [0.25, 0.3) is 0 Å². The summed E-state index contributed by atoms with van der Waals surface area (Å²) in [6.45, 7) is 2.81. The number of carboxylic acid groups (broad SMARTS) is 2. The van der Waals surface area contributed by atoms with Crippen LogP contribution in [0.3, 0.4) is 0 Å². The minimum atomic E-state index is -1.51. The Morgan fingerprint density at radius 3 is 2.00 bits per heavy atom. The topological polar surface area (TPSA) is 160 Å². The summed E-state index contributed by atoms with van der Waals surface area (Å²) >= 11 is 0. The molecule has 6 unspecified atom stereocenters. The number of carbonyl (C=O) groups is 3. The van der Waals surface area contributed by atoms with Gasteiger partial charge in [-0.3, -0.25) is 14.4 Å². The second-order valence-corrected chi connectivity index (χ2v) is 8.38. The van der Waals surface area contributed by atoms with Crippen molar-refractivity contribution in [2.24, 2.45) is 23.7 Å². The molecule has 2 fully saturated rings. The molecule has 166 valence electrons. The van der Waals surface area contributed by atoms with Gasteiger partial charge in [0.05, 0.1) is 36.6 Å². The SMILES string of the molecule is CC(C)(OOCC1CCC(O)CC1C(=O)O)OC(=O)C1CCC(O)CC1C(=O)O. The average molecular weight is 418 g/mol. The molecule has 10 nitrogen and oxygen atoms in total. The first kappa shape index (κ1) is 23.5. The highest BCUT2D eigenvalue weighted by Crippen LogP contribution is 2.34. The Labute approximate surface area is 168 Å². The molecule has 10 heteroatoms. The fraction of sp³-hybridized carbons (Fsp3) is 0.842. The van der Waals surface area contributed by atoms with E-state index in [0.29, 0.717) is 19.3 Å². The fourth-order valence-electron chi connectivity index (χ4n) is 4.01. The van der Waals surface area contributed by atoms with E-state index in [0.717, 1.165) is 0 Å². The molecule has 2 saturated carbocycles. The summed E-state index contributed by atoms with van der Waals surface area (Å²) in [5, 5.41) is 37.9. The minimum Gasteiger partial charge on any atom is -0.481 e. The van der Waals surface area contributed by atoms with E-state index in [1.807, 2.05) is 0 Å². The largest absolute Gasteiger partial charge is 0.481 e. The molecule has 0 heterocycles. The smallest absolute Gasteiger partial charge is 0.312 e. The molecule has 0 aromatic rings. The van der Waals surface area contributed by atoms with Gasteiger partial charge in [0.15, 0.2) is 0 Å². The predicted molar refractivity (Wildman–Crippen MR) is 96.2 cm³/mol. The number of carbonyl (C=O) groups excluding carboxylic acids is 1. The standard InChI is InChI=1S/C19H30O10/c1-19(2,28-18(26)13-6-5-12(21)8-15(13)17(24)25)29-27-9-10-3-4-11(20)7-14(10)16(22)23/h10-15,20-21H,3-9H2,1-2H3,(H,22,23)(H,24,25). The van der Waals surface area contributed by atoms with Crippen LogP contribution >= 0.6 is 0 Å². The van der Waals surface area contributed by atoms with Gasteiger partial charge in [-0.05, 0) is 44.4 Å². The Morgan fingerprint density at radius 2 is 1.41 bits per heavy atom. The van der Waals surface area contributed by atoms with Gasteiger partial charge in [-0.1, -0.05) is 0 Å². The van der Waals surface area contributed by atoms with Gasteiger partial charge in [-0.15, -0.1) is 0 Å². The quantitative estimate of drug-likeness (QED) is 0.193. The Kier molecular flexibility index (Phi) is 7.98. The first-order valence-electron chi connectivity index (χ1n) is 9.85. The number of hydrogen-bond acceptors (Lipinski definition) is 8. The Bertz CT molecular complexity index is 604. The van der Waals surface area contributed by atoms with Gasteiger partial charge < -0.3 is 25.2 Å². The molecule has 6 atom stereocenters. The van der Waals surface area contributed by atoms with E-state index in [-0.39, 0.29) is 31.8 Å². The van der Waals surface area contributed by atoms with Gasteiger partial charge in [0.1, 0.15) is 0 Å². The van der Waals surface area contributed by atoms with E-state index in [1.54, 1.807) is 0 Å². The summed E-state index contributed by atoms with van der Waals surface area (Å²) in [4.78, 5) is 45.5. The van der Waals surface area contributed by atoms with Crippen LogP contribution < -0.4 is 0 Å². The van der Waals surface area contributed by atoms with Crippen molar-refractivity contribution in [2.75, 3.05) is 6.61 Å². The molecule has 0 radical (unpaired) electrons. The number of carboxylic acids is 2. The van der Waals surface area contributed by atoms with E-state index >= 15 is 0 Å². The first-order valence-corrected chi connectivity index (χ1v) is 9.85. The third kappa shape index (κ3) is 6.63. The zero-order chi connectivity index (χ0) is 21.8. The van der Waals surface area contributed by atoms with Crippen molar-refractivity contribution in [3.05, 3.63) is 0 Å². The fourth-order valence-corrected chi connectivity index (χ4v) is 4.01. The molecule has 0 amide bonds. The number of aliphatic hydroxyl groups excluding tert-OH is 2. The zero-order valence-electron chi connectivity index (χ0n) is 16.7. The van der Waals surface area contributed by atoms with Crippen molar-refractivity contribution in [2.45, 2.75) is 70.4 Å². The molecule has 0 aromatic heterocycles. The molecule has 0 spiro atoms. The van der Waals surface area contributed by atoms with Crippen LogP contribution in [0.4, 0.5) is 0 Å². The molecule has 29 heavy (non-hydrogen) atoms. The van der Waals surface area contributed by atoms with Crippen molar-refractivity contribution in [3.8, 4) is 0 Å². The summed E-state index contributed by atoms with van der Waals surface area (Å²) in [7, 11) is 0. The van der Waals surface area contributed by atoms with E-state index in [4.69, 9.17) is 14.5 Å². The van der Waals surface area contributed by atoms with Gasteiger partial charge in [-0.2, -0.15) is 4.89 Å². The van der Waals surface area contributed by atoms with Gasteiger partial charge in [0.2, 0.25) is 5.79 Å². The lowest BCUT2D eigenvalue weighted by Crippen LogP contribution is -2.42. The van der Waals surface area contributed by atoms with Crippen molar-refractivity contribution in [1.82, 2.24) is 0 Å². The van der Waals surface area contributed by atoms with Crippen LogP contribution in [0.15, 0.2) is 0 Å². The van der Waals surface area contributed by atoms with E-state index in [2.05, 4.69) is 0 Å². The van der Waals surface area contributed by atoms with Crippen LogP contribution in [0.25, 0.3) is 0 Å². The Balaban J connectivity index is 1.86. The minimum absolute atomic E-state index is 0.0169. The number of hydrogen-bond donors (Lipinski definition) is 4. The lowest BCUT2D eigenvalue weighted by atomic mass is 9.78. The maximum Gasteiger partial charge on any atom is 0.312 e. The van der Waals surface area contributed by atoms with Gasteiger partial charge >= 0.3 is 17.9 Å². The molecule has 0 saturated heterocycles. The molecule has 2 aliphatic carbocycles. The predicted octanol–water partition coefficient (Wildman–Crippen LogP) is 0.938. The molecular weight excluding hydrogens is 388 g/mol. The third-order valence-corrected chi connectivity index (χ3v) is 5.61. The van der Waals surface area contributed by atoms with E-state index in [9.17, 15) is 34.8 Å². The van der Waals surface area contributed by atoms with Crippen LogP contribution in [0.5, 0.6) is 0 Å². The van der Waals surface area contributed by atoms with Crippen LogP contribution in [0.2, 0.25) is 0 Å². The molecule has 2 rings (SSSR count). The van der Waals surface area contributed by atoms with Crippen molar-refractivity contribution in [3.63, 3.8) is 0 Å². The molecular formula is C19H30O10. The first-order chi connectivity index (χ1) is 13.5. The summed E-state index contributed by atoms with van der Waals surface area (Å²) in [6, 6.07) is 0. The van der Waals surface area contributed by atoms with Crippen LogP contribution in [0.1, 0.15) is 52.4 Å². The lowest BCUT2D eigenvalue weighted by molar-refractivity contribution is -0.413. The van der Waals surface area contributed by atoms with Crippen LogP contribution in [-0.2, 0) is 28.9 Å². The van der Waals surface area contributed by atoms with E-state index < -0.39 is 53.7 Å². The average Bonchev–Trinajstić information content (AvgIpc) is 2.61. The van der Waals surface area contributed by atoms with Crippen LogP contribution in [0, 0.1) is 23.7 Å². The van der Waals surface area contributed by atoms with Crippen LogP contribution in [-0.4, -0.2) is 62.9 Å². The highest BCUT2D eigenvalue weighted by Gasteiger charge is 2.42.